The first-order valence-corrected chi connectivity index (χ1v) is 8.50. The minimum atomic E-state index is -1.25. The summed E-state index contributed by atoms with van der Waals surface area (Å²) >= 11 is 0. The van der Waals surface area contributed by atoms with Crippen molar-refractivity contribution in [2.45, 2.75) is 12.5 Å². The second kappa shape index (κ2) is 7.07. The summed E-state index contributed by atoms with van der Waals surface area (Å²) in [7, 11) is 1.25. The fourth-order valence-corrected chi connectivity index (χ4v) is 3.16. The normalized spacial score (nSPS) is 15.4. The Balaban J connectivity index is 1.60. The quantitative estimate of drug-likeness (QED) is 0.464. The molecule has 1 unspecified atom stereocenters. The van der Waals surface area contributed by atoms with Gasteiger partial charge in [0.2, 0.25) is 12.8 Å². The zero-order chi connectivity index (χ0) is 18.8. The van der Waals surface area contributed by atoms with Gasteiger partial charge in [0.25, 0.3) is 0 Å². The maximum Gasteiger partial charge on any atom is 0.338 e. The molecule has 0 aromatic heterocycles. The lowest BCUT2D eigenvalue weighted by Crippen LogP contribution is -2.30. The van der Waals surface area contributed by atoms with E-state index in [0.29, 0.717) is 29.1 Å². The van der Waals surface area contributed by atoms with Gasteiger partial charge in [0, 0.05) is 11.8 Å². The average Bonchev–Trinajstić information content (AvgIpc) is 3.34. The van der Waals surface area contributed by atoms with Crippen molar-refractivity contribution in [3.8, 4) is 11.5 Å². The van der Waals surface area contributed by atoms with Crippen LogP contribution in [0.3, 0.4) is 0 Å². The topological polar surface area (TPSA) is 74.2 Å². The molecule has 27 heavy (non-hydrogen) atoms. The highest BCUT2D eigenvalue weighted by molar-refractivity contribution is 6.30. The predicted molar refractivity (Wildman–Crippen MR) is 99.1 cm³/mol. The van der Waals surface area contributed by atoms with Gasteiger partial charge in [-0.3, -0.25) is 9.79 Å². The Morgan fingerprint density at radius 1 is 1.15 bits per heavy atom. The standard InChI is InChI=1S/C21H17NO5/c1-25-21(24)19(20(23)16-8-7-14-4-2-3-5-15(14)16)22-11-13-6-9-17-18(10-13)27-12-26-17/h2-6,8-11,19H,7,12H2,1H3. The minimum absolute atomic E-state index is 0.173. The van der Waals surface area contributed by atoms with Crippen LogP contribution in [0.4, 0.5) is 0 Å². The molecule has 1 aliphatic carbocycles. The lowest BCUT2D eigenvalue weighted by Gasteiger charge is -2.11. The lowest BCUT2D eigenvalue weighted by molar-refractivity contribution is -0.144. The van der Waals surface area contributed by atoms with Gasteiger partial charge in [-0.15, -0.1) is 0 Å². The molecule has 1 aliphatic heterocycles. The second-order valence-corrected chi connectivity index (χ2v) is 6.16. The van der Waals surface area contributed by atoms with Crippen molar-refractivity contribution in [1.82, 2.24) is 0 Å². The number of carbonyl (C=O) groups is 2. The number of esters is 1. The molecular formula is C21H17NO5. The van der Waals surface area contributed by atoms with Crippen LogP contribution in [0.25, 0.3) is 5.57 Å². The molecule has 6 nitrogen and oxygen atoms in total. The number of carbonyl (C=O) groups excluding carboxylic acids is 2. The number of benzene rings is 2. The molecule has 0 amide bonds. The van der Waals surface area contributed by atoms with E-state index in [9.17, 15) is 9.59 Å². The molecule has 4 rings (SSSR count). The van der Waals surface area contributed by atoms with Crippen LogP contribution in [-0.4, -0.2) is 37.9 Å². The summed E-state index contributed by atoms with van der Waals surface area (Å²) in [6, 6.07) is 11.7. The fourth-order valence-electron chi connectivity index (χ4n) is 3.16. The highest BCUT2D eigenvalue weighted by Gasteiger charge is 2.32. The maximum absolute atomic E-state index is 13.0. The van der Waals surface area contributed by atoms with Gasteiger partial charge in [0.15, 0.2) is 17.3 Å². The molecule has 0 saturated heterocycles. The number of hydrogen-bond donors (Lipinski definition) is 0. The number of rotatable bonds is 5. The highest BCUT2D eigenvalue weighted by atomic mass is 16.7. The largest absolute Gasteiger partial charge is 0.467 e. The van der Waals surface area contributed by atoms with Gasteiger partial charge < -0.3 is 14.2 Å². The third kappa shape index (κ3) is 3.21. The number of allylic oxidation sites excluding steroid dienone is 1. The molecule has 2 aromatic rings. The molecule has 0 spiro atoms. The van der Waals surface area contributed by atoms with Crippen molar-refractivity contribution in [3.05, 3.63) is 65.2 Å². The number of Topliss-reactive ketones (excluding diaryl/α,β-unsaturated/α-hetero) is 1. The van der Waals surface area contributed by atoms with Gasteiger partial charge in [-0.05, 0) is 41.3 Å². The van der Waals surface area contributed by atoms with E-state index >= 15 is 0 Å². The molecule has 0 saturated carbocycles. The number of fused-ring (bicyclic) bond motifs is 2. The van der Waals surface area contributed by atoms with E-state index in [0.717, 1.165) is 11.1 Å². The van der Waals surface area contributed by atoms with Gasteiger partial charge in [-0.25, -0.2) is 4.79 Å². The Labute approximate surface area is 156 Å². The van der Waals surface area contributed by atoms with Gasteiger partial charge >= 0.3 is 5.97 Å². The van der Waals surface area contributed by atoms with Crippen molar-refractivity contribution < 1.29 is 23.8 Å². The molecule has 6 heteroatoms. The second-order valence-electron chi connectivity index (χ2n) is 6.16. The summed E-state index contributed by atoms with van der Waals surface area (Å²) in [6.07, 6.45) is 3.97. The van der Waals surface area contributed by atoms with Crippen molar-refractivity contribution in [1.29, 1.82) is 0 Å². The van der Waals surface area contributed by atoms with Crippen LogP contribution in [-0.2, 0) is 20.7 Å². The summed E-state index contributed by atoms with van der Waals surface area (Å²) in [6.45, 7) is 0.173. The van der Waals surface area contributed by atoms with E-state index in [4.69, 9.17) is 14.2 Å². The van der Waals surface area contributed by atoms with E-state index in [2.05, 4.69) is 4.99 Å². The first-order valence-electron chi connectivity index (χ1n) is 8.50. The summed E-state index contributed by atoms with van der Waals surface area (Å²) in [5.41, 5.74) is 3.10. The molecule has 1 atom stereocenters. The molecule has 0 radical (unpaired) electrons. The minimum Gasteiger partial charge on any atom is -0.467 e. The van der Waals surface area contributed by atoms with Crippen molar-refractivity contribution in [2.24, 2.45) is 4.99 Å². The number of nitrogens with zero attached hydrogens (tertiary/aromatic N) is 1. The molecule has 0 N–H and O–H groups in total. The number of ketones is 1. The number of aliphatic imine (C=N–C) groups is 1. The fraction of sp³-hybridized carbons (Fsp3) is 0.190. The highest BCUT2D eigenvalue weighted by Crippen LogP contribution is 2.32. The Kier molecular flexibility index (Phi) is 4.46. The summed E-state index contributed by atoms with van der Waals surface area (Å²) in [5.74, 6) is 0.193. The number of hydrogen-bond acceptors (Lipinski definition) is 6. The molecule has 2 aliphatic rings. The van der Waals surface area contributed by atoms with Crippen molar-refractivity contribution in [3.63, 3.8) is 0 Å². The third-order valence-electron chi connectivity index (χ3n) is 4.54. The summed E-state index contributed by atoms with van der Waals surface area (Å²) in [4.78, 5) is 29.4. The number of ether oxygens (including phenoxy) is 3. The molecule has 0 bridgehead atoms. The number of methoxy groups -OCH3 is 1. The lowest BCUT2D eigenvalue weighted by atomic mass is 9.98. The van der Waals surface area contributed by atoms with Crippen molar-refractivity contribution >= 4 is 23.5 Å². The van der Waals surface area contributed by atoms with E-state index in [1.54, 1.807) is 18.2 Å². The van der Waals surface area contributed by atoms with Crippen LogP contribution in [0.1, 0.15) is 16.7 Å². The first-order chi connectivity index (χ1) is 13.2. The molecule has 136 valence electrons. The third-order valence-corrected chi connectivity index (χ3v) is 4.54. The predicted octanol–water partition coefficient (Wildman–Crippen LogP) is 2.58. The van der Waals surface area contributed by atoms with Crippen LogP contribution in [0.15, 0.2) is 53.5 Å². The van der Waals surface area contributed by atoms with Crippen LogP contribution in [0.5, 0.6) is 11.5 Å². The van der Waals surface area contributed by atoms with E-state index in [1.807, 2.05) is 30.3 Å². The van der Waals surface area contributed by atoms with Gasteiger partial charge in [0.05, 0.1) is 7.11 Å². The molecule has 0 fully saturated rings. The van der Waals surface area contributed by atoms with Gasteiger partial charge in [-0.2, -0.15) is 0 Å². The maximum atomic E-state index is 13.0. The van der Waals surface area contributed by atoms with Crippen LogP contribution in [0.2, 0.25) is 0 Å². The van der Waals surface area contributed by atoms with Gasteiger partial charge in [-0.1, -0.05) is 30.3 Å². The van der Waals surface area contributed by atoms with Crippen LogP contribution >= 0.6 is 0 Å². The zero-order valence-electron chi connectivity index (χ0n) is 14.7. The molecular weight excluding hydrogens is 346 g/mol. The molecule has 2 aromatic carbocycles. The average molecular weight is 363 g/mol. The Hall–Kier alpha value is -3.41. The monoisotopic (exact) mass is 363 g/mol. The van der Waals surface area contributed by atoms with E-state index in [-0.39, 0.29) is 12.6 Å². The van der Waals surface area contributed by atoms with Gasteiger partial charge in [0.1, 0.15) is 0 Å². The van der Waals surface area contributed by atoms with E-state index in [1.165, 1.54) is 13.3 Å². The first kappa shape index (κ1) is 17.0. The molecule has 1 heterocycles. The summed E-state index contributed by atoms with van der Waals surface area (Å²) in [5, 5.41) is 0. The Morgan fingerprint density at radius 2 is 1.96 bits per heavy atom. The Morgan fingerprint density at radius 3 is 2.81 bits per heavy atom. The zero-order valence-corrected chi connectivity index (χ0v) is 14.7. The Bertz CT molecular complexity index is 976. The van der Waals surface area contributed by atoms with E-state index < -0.39 is 12.0 Å². The smallest absolute Gasteiger partial charge is 0.338 e. The van der Waals surface area contributed by atoms with Crippen molar-refractivity contribution in [2.75, 3.05) is 13.9 Å². The van der Waals surface area contributed by atoms with Crippen LogP contribution in [0, 0.1) is 0 Å². The SMILES string of the molecule is COC(=O)C(N=Cc1ccc2c(c1)OCO2)C(=O)C1=CCc2ccccc21. The summed E-state index contributed by atoms with van der Waals surface area (Å²) < 4.78 is 15.4. The van der Waals surface area contributed by atoms with Crippen LogP contribution < -0.4 is 9.47 Å².